The zero-order valence-electron chi connectivity index (χ0n) is 24.7. The summed E-state index contributed by atoms with van der Waals surface area (Å²) in [7, 11) is 0. The van der Waals surface area contributed by atoms with E-state index in [9.17, 15) is 0 Å². The van der Waals surface area contributed by atoms with E-state index in [0.717, 1.165) is 32.1 Å². The van der Waals surface area contributed by atoms with Crippen molar-refractivity contribution in [2.24, 2.45) is 10.2 Å². The largest absolute Gasteiger partial charge is 0.160 e. The molecule has 1 heterocycles. The molecule has 0 radical (unpaired) electrons. The Morgan fingerprint density at radius 3 is 0.897 bits per heavy atom. The van der Waals surface area contributed by atoms with E-state index in [1.54, 1.807) is 0 Å². The van der Waals surface area contributed by atoms with Gasteiger partial charge in [-0.1, -0.05) is 139 Å². The van der Waals surface area contributed by atoms with Crippen LogP contribution in [0.3, 0.4) is 0 Å². The summed E-state index contributed by atoms with van der Waals surface area (Å²) in [5.41, 5.74) is 14.0. The second-order valence-corrected chi connectivity index (χ2v) is 9.20. The van der Waals surface area contributed by atoms with Crippen LogP contribution in [-0.2, 0) is 12.8 Å². The molecule has 0 amide bonds. The van der Waals surface area contributed by atoms with Gasteiger partial charge in [0, 0.05) is 17.8 Å². The minimum absolute atomic E-state index is 1.02. The van der Waals surface area contributed by atoms with E-state index >= 15 is 0 Å². The van der Waals surface area contributed by atoms with Gasteiger partial charge < -0.3 is 0 Å². The van der Waals surface area contributed by atoms with Crippen LogP contribution in [0.2, 0.25) is 0 Å². The van der Waals surface area contributed by atoms with Crippen molar-refractivity contribution in [2.45, 2.75) is 73.6 Å². The maximum Gasteiger partial charge on any atom is 0.0459 e. The van der Waals surface area contributed by atoms with Crippen LogP contribution >= 0.6 is 0 Å². The molecule has 2 aliphatic carbocycles. The average molecular weight is 517 g/mol. The summed E-state index contributed by atoms with van der Waals surface area (Å²) in [6.45, 7) is 12.2. The molecular weight excluding hydrogens is 472 g/mol. The summed E-state index contributed by atoms with van der Waals surface area (Å²) in [6, 6.07) is 34.6. The number of hydrogen-bond donors (Lipinski definition) is 0. The van der Waals surface area contributed by atoms with Gasteiger partial charge in [-0.15, -0.1) is 0 Å². The van der Waals surface area contributed by atoms with Gasteiger partial charge in [0.2, 0.25) is 0 Å². The van der Waals surface area contributed by atoms with Crippen LogP contribution in [0, 0.1) is 0 Å². The molecule has 4 aromatic carbocycles. The standard InChI is InChI=1S/2C13H10.C7H12N2.2C2H6/c2*1-3-7-12-10(5-1)9-11-6-2-4-8-13(11)12;1-3-6-5-7(4-2)9-8-6;2*1-2/h2*1-8H,9H2;3-5H2,1-2H3;2*1-2H3. The van der Waals surface area contributed by atoms with Gasteiger partial charge in [-0.25, -0.2) is 0 Å². The minimum atomic E-state index is 1.02. The Bertz CT molecular complexity index is 1200. The molecule has 39 heavy (non-hydrogen) atoms. The molecule has 0 aromatic heterocycles. The lowest BCUT2D eigenvalue weighted by atomic mass is 10.1. The van der Waals surface area contributed by atoms with E-state index in [4.69, 9.17) is 0 Å². The first kappa shape index (κ1) is 29.8. The van der Waals surface area contributed by atoms with E-state index in [-0.39, 0.29) is 0 Å². The summed E-state index contributed by atoms with van der Waals surface area (Å²) in [5, 5.41) is 8.02. The highest BCUT2D eigenvalue weighted by atomic mass is 15.2. The van der Waals surface area contributed by atoms with Crippen molar-refractivity contribution < 1.29 is 0 Å². The van der Waals surface area contributed by atoms with Gasteiger partial charge in [0.25, 0.3) is 0 Å². The second kappa shape index (κ2) is 15.6. The molecule has 0 atom stereocenters. The Morgan fingerprint density at radius 2 is 0.667 bits per heavy atom. The third-order valence-corrected chi connectivity index (χ3v) is 6.97. The van der Waals surface area contributed by atoms with Crippen LogP contribution in [-0.4, -0.2) is 11.4 Å². The molecule has 0 unspecified atom stereocenters. The molecular formula is C37H44N2. The molecule has 0 saturated heterocycles. The Kier molecular flexibility index (Phi) is 11.9. The van der Waals surface area contributed by atoms with Crippen LogP contribution in [0.25, 0.3) is 22.3 Å². The molecule has 2 heteroatoms. The van der Waals surface area contributed by atoms with Crippen molar-refractivity contribution in [1.29, 1.82) is 0 Å². The van der Waals surface area contributed by atoms with Crippen molar-refractivity contribution in [1.82, 2.24) is 0 Å². The topological polar surface area (TPSA) is 24.7 Å². The van der Waals surface area contributed by atoms with Crippen LogP contribution in [0.4, 0.5) is 0 Å². The fourth-order valence-electron chi connectivity index (χ4n) is 5.00. The highest BCUT2D eigenvalue weighted by Crippen LogP contribution is 2.36. The first-order valence-electron chi connectivity index (χ1n) is 14.7. The summed E-state index contributed by atoms with van der Waals surface area (Å²) >= 11 is 0. The van der Waals surface area contributed by atoms with Crippen LogP contribution in [0.15, 0.2) is 107 Å². The molecule has 0 N–H and O–H groups in total. The Morgan fingerprint density at radius 1 is 0.410 bits per heavy atom. The smallest absolute Gasteiger partial charge is 0.0459 e. The normalized spacial score (nSPS) is 12.6. The highest BCUT2D eigenvalue weighted by Gasteiger charge is 2.16. The minimum Gasteiger partial charge on any atom is -0.160 e. The third-order valence-electron chi connectivity index (χ3n) is 6.97. The number of fused-ring (bicyclic) bond motifs is 6. The number of hydrogen-bond acceptors (Lipinski definition) is 2. The molecule has 0 bridgehead atoms. The van der Waals surface area contributed by atoms with E-state index in [0.29, 0.717) is 0 Å². The fourth-order valence-corrected chi connectivity index (χ4v) is 5.00. The molecule has 0 spiro atoms. The highest BCUT2D eigenvalue weighted by molar-refractivity contribution is 6.07. The van der Waals surface area contributed by atoms with Gasteiger partial charge >= 0.3 is 0 Å². The van der Waals surface area contributed by atoms with E-state index in [1.165, 1.54) is 55.9 Å². The van der Waals surface area contributed by atoms with Crippen molar-refractivity contribution in [3.05, 3.63) is 119 Å². The molecule has 0 saturated carbocycles. The van der Waals surface area contributed by atoms with Crippen molar-refractivity contribution in [3.63, 3.8) is 0 Å². The zero-order chi connectivity index (χ0) is 28.0. The zero-order valence-corrected chi connectivity index (χ0v) is 24.7. The number of rotatable bonds is 2. The maximum absolute atomic E-state index is 4.01. The molecule has 2 nitrogen and oxygen atoms in total. The van der Waals surface area contributed by atoms with E-state index in [1.807, 2.05) is 27.7 Å². The van der Waals surface area contributed by atoms with Gasteiger partial charge in [0.05, 0.1) is 0 Å². The fraction of sp³-hybridized carbons (Fsp3) is 0.297. The van der Waals surface area contributed by atoms with Crippen LogP contribution < -0.4 is 0 Å². The van der Waals surface area contributed by atoms with Gasteiger partial charge in [-0.3, -0.25) is 0 Å². The predicted molar refractivity (Wildman–Crippen MR) is 172 cm³/mol. The van der Waals surface area contributed by atoms with E-state index in [2.05, 4.69) is 121 Å². The Hall–Kier alpha value is -3.78. The maximum atomic E-state index is 4.01. The Balaban J connectivity index is 0.000000155. The van der Waals surface area contributed by atoms with Gasteiger partial charge in [-0.05, 0) is 70.2 Å². The lowest BCUT2D eigenvalue weighted by molar-refractivity contribution is 1.18. The number of benzene rings is 4. The summed E-state index contributed by atoms with van der Waals surface area (Å²) < 4.78 is 0. The van der Waals surface area contributed by atoms with Gasteiger partial charge in [0.1, 0.15) is 0 Å². The third kappa shape index (κ3) is 7.41. The SMILES string of the molecule is CC.CC.CCC1=NN=C(CC)C1.c1ccc2c(c1)Cc1ccccc1-2.c1ccc2c(c1)Cc1ccccc1-2. The molecule has 4 aromatic rings. The van der Waals surface area contributed by atoms with Crippen LogP contribution in [0.1, 0.15) is 83.1 Å². The van der Waals surface area contributed by atoms with Crippen molar-refractivity contribution in [2.75, 3.05) is 0 Å². The van der Waals surface area contributed by atoms with Crippen molar-refractivity contribution >= 4 is 11.4 Å². The van der Waals surface area contributed by atoms with Gasteiger partial charge in [-0.2, -0.15) is 10.2 Å². The van der Waals surface area contributed by atoms with Crippen LogP contribution in [0.5, 0.6) is 0 Å². The number of nitrogens with zero attached hydrogens (tertiary/aromatic N) is 2. The second-order valence-electron chi connectivity index (χ2n) is 9.20. The summed E-state index contributed by atoms with van der Waals surface area (Å²) in [6.07, 6.45) is 5.33. The van der Waals surface area contributed by atoms with Gasteiger partial charge in [0.15, 0.2) is 0 Å². The molecule has 202 valence electrons. The summed E-state index contributed by atoms with van der Waals surface area (Å²) in [5.74, 6) is 0. The summed E-state index contributed by atoms with van der Waals surface area (Å²) in [4.78, 5) is 0. The molecule has 7 rings (SSSR count). The Labute approximate surface area is 236 Å². The first-order valence-corrected chi connectivity index (χ1v) is 14.7. The first-order chi connectivity index (χ1) is 19.3. The molecule has 3 aliphatic rings. The van der Waals surface area contributed by atoms with Crippen molar-refractivity contribution in [3.8, 4) is 22.3 Å². The quantitative estimate of drug-likeness (QED) is 0.219. The molecule has 0 fully saturated rings. The van der Waals surface area contributed by atoms with E-state index < -0.39 is 0 Å². The monoisotopic (exact) mass is 516 g/mol. The lowest BCUT2D eigenvalue weighted by Crippen LogP contribution is -1.98. The average Bonchev–Trinajstić information content (AvgIpc) is 3.75. The predicted octanol–water partition coefficient (Wildman–Crippen LogP) is 10.6. The lowest BCUT2D eigenvalue weighted by Gasteiger charge is -1.98. The molecule has 1 aliphatic heterocycles.